The first kappa shape index (κ1) is 20.1. The summed E-state index contributed by atoms with van der Waals surface area (Å²) in [6.45, 7) is 7.84. The summed E-state index contributed by atoms with van der Waals surface area (Å²) in [5.41, 5.74) is 0. The molecule has 0 saturated carbocycles. The van der Waals surface area contributed by atoms with E-state index in [-0.39, 0.29) is 23.8 Å². The van der Waals surface area contributed by atoms with Gasteiger partial charge in [0.2, 0.25) is 15.9 Å². The highest BCUT2D eigenvalue weighted by molar-refractivity contribution is 9.10. The van der Waals surface area contributed by atoms with E-state index in [9.17, 15) is 13.2 Å². The molecule has 8 heteroatoms. The molecular formula is C15H25BrN3O3S+. The summed E-state index contributed by atoms with van der Waals surface area (Å²) in [4.78, 5) is 13.3. The number of carbonyl (C=O) groups excluding carboxylic acids is 1. The number of halogens is 1. The lowest BCUT2D eigenvalue weighted by Crippen LogP contribution is -3.12. The molecule has 0 fully saturated rings. The van der Waals surface area contributed by atoms with Crippen molar-refractivity contribution in [1.82, 2.24) is 10.0 Å². The van der Waals surface area contributed by atoms with Crippen LogP contribution in [0.2, 0.25) is 0 Å². The van der Waals surface area contributed by atoms with Gasteiger partial charge in [0.1, 0.15) is 0 Å². The Kier molecular flexibility index (Phi) is 8.75. The Bertz CT molecular complexity index is 586. The number of hydrogen-bond acceptors (Lipinski definition) is 3. The molecule has 0 bridgehead atoms. The van der Waals surface area contributed by atoms with Crippen LogP contribution in [0, 0.1) is 0 Å². The van der Waals surface area contributed by atoms with E-state index in [2.05, 4.69) is 39.8 Å². The van der Waals surface area contributed by atoms with Crippen LogP contribution in [0.5, 0.6) is 0 Å². The monoisotopic (exact) mass is 406 g/mol. The maximum atomic E-state index is 12.0. The van der Waals surface area contributed by atoms with Crippen molar-refractivity contribution >= 4 is 31.9 Å². The highest BCUT2D eigenvalue weighted by atomic mass is 79.9. The van der Waals surface area contributed by atoms with Crippen LogP contribution in [0.15, 0.2) is 33.6 Å². The number of likely N-dealkylation sites (N-methyl/N-ethyl adjacent to an activating group) is 1. The third-order valence-corrected chi connectivity index (χ3v) is 5.57. The van der Waals surface area contributed by atoms with Gasteiger partial charge < -0.3 is 10.2 Å². The maximum absolute atomic E-state index is 12.0. The average Bonchev–Trinajstić information content (AvgIpc) is 2.52. The number of benzene rings is 1. The molecule has 130 valence electrons. The van der Waals surface area contributed by atoms with Crippen molar-refractivity contribution in [1.29, 1.82) is 0 Å². The smallest absolute Gasteiger partial charge is 0.240 e. The Morgan fingerprint density at radius 1 is 1.13 bits per heavy atom. The molecule has 0 saturated heterocycles. The van der Waals surface area contributed by atoms with Gasteiger partial charge in [-0.05, 0) is 38.1 Å². The highest BCUT2D eigenvalue weighted by Gasteiger charge is 2.14. The van der Waals surface area contributed by atoms with E-state index >= 15 is 0 Å². The van der Waals surface area contributed by atoms with E-state index in [4.69, 9.17) is 0 Å². The van der Waals surface area contributed by atoms with Crippen molar-refractivity contribution in [2.45, 2.75) is 25.2 Å². The topological polar surface area (TPSA) is 79.7 Å². The standard InChI is InChI=1S/C15H24BrN3O3S/c1-3-19(4-2)12-11-17-15(20)9-10-18-23(21,22)14-7-5-13(16)6-8-14/h5-8,18H,3-4,9-12H2,1-2H3,(H,17,20)/p+1. The first-order chi connectivity index (χ1) is 10.9. The lowest BCUT2D eigenvalue weighted by atomic mass is 10.4. The van der Waals surface area contributed by atoms with Crippen molar-refractivity contribution in [3.8, 4) is 0 Å². The minimum absolute atomic E-state index is 0.0857. The Labute approximate surface area is 146 Å². The molecule has 1 rings (SSSR count). The fourth-order valence-corrected chi connectivity index (χ4v) is 3.36. The summed E-state index contributed by atoms with van der Waals surface area (Å²) in [7, 11) is -3.57. The second kappa shape index (κ2) is 10.0. The SMILES string of the molecule is CC[NH+](CC)CCNC(=O)CCNS(=O)(=O)c1ccc(Br)cc1. The number of nitrogens with one attached hydrogen (secondary N) is 3. The lowest BCUT2D eigenvalue weighted by Gasteiger charge is -2.15. The second-order valence-corrected chi connectivity index (χ2v) is 7.84. The normalized spacial score (nSPS) is 11.7. The molecule has 0 aliphatic rings. The van der Waals surface area contributed by atoms with Gasteiger partial charge in [0.15, 0.2) is 0 Å². The highest BCUT2D eigenvalue weighted by Crippen LogP contribution is 2.14. The molecule has 0 aromatic heterocycles. The van der Waals surface area contributed by atoms with Crippen LogP contribution < -0.4 is 14.9 Å². The van der Waals surface area contributed by atoms with E-state index in [0.29, 0.717) is 6.54 Å². The molecule has 3 N–H and O–H groups in total. The zero-order valence-corrected chi connectivity index (χ0v) is 16.0. The van der Waals surface area contributed by atoms with Gasteiger partial charge in [0.05, 0.1) is 31.1 Å². The number of carbonyl (C=O) groups is 1. The summed E-state index contributed by atoms with van der Waals surface area (Å²) in [6.07, 6.45) is 0.128. The maximum Gasteiger partial charge on any atom is 0.240 e. The van der Waals surface area contributed by atoms with Gasteiger partial charge in [-0.25, -0.2) is 13.1 Å². The predicted octanol–water partition coefficient (Wildman–Crippen LogP) is 0.158. The van der Waals surface area contributed by atoms with Gasteiger partial charge in [-0.1, -0.05) is 15.9 Å². The van der Waals surface area contributed by atoms with E-state index < -0.39 is 10.0 Å². The molecule has 1 amide bonds. The van der Waals surface area contributed by atoms with Crippen molar-refractivity contribution in [3.05, 3.63) is 28.7 Å². The summed E-state index contributed by atoms with van der Waals surface area (Å²) < 4.78 is 27.3. The van der Waals surface area contributed by atoms with Gasteiger partial charge >= 0.3 is 0 Å². The summed E-state index contributed by atoms with van der Waals surface area (Å²) in [6, 6.07) is 6.35. The fraction of sp³-hybridized carbons (Fsp3) is 0.533. The number of rotatable bonds is 10. The Balaban J connectivity index is 2.32. The third-order valence-electron chi connectivity index (χ3n) is 3.57. The summed E-state index contributed by atoms with van der Waals surface area (Å²) >= 11 is 3.26. The van der Waals surface area contributed by atoms with Gasteiger partial charge in [0, 0.05) is 17.4 Å². The molecule has 0 spiro atoms. The van der Waals surface area contributed by atoms with Crippen molar-refractivity contribution < 1.29 is 18.1 Å². The van der Waals surface area contributed by atoms with E-state index in [1.807, 2.05) is 0 Å². The Morgan fingerprint density at radius 2 is 1.74 bits per heavy atom. The van der Waals surface area contributed by atoms with Crippen molar-refractivity contribution in [2.24, 2.45) is 0 Å². The van der Waals surface area contributed by atoms with Gasteiger partial charge in [-0.3, -0.25) is 4.79 Å². The van der Waals surface area contributed by atoms with Crippen LogP contribution in [0.25, 0.3) is 0 Å². The minimum atomic E-state index is -3.57. The first-order valence-electron chi connectivity index (χ1n) is 7.74. The zero-order valence-electron chi connectivity index (χ0n) is 13.6. The van der Waals surface area contributed by atoms with E-state index in [0.717, 1.165) is 24.1 Å². The molecule has 1 aromatic rings. The van der Waals surface area contributed by atoms with Gasteiger partial charge in [-0.2, -0.15) is 0 Å². The van der Waals surface area contributed by atoms with Crippen LogP contribution in [-0.4, -0.2) is 47.0 Å². The van der Waals surface area contributed by atoms with Gasteiger partial charge in [-0.15, -0.1) is 0 Å². The average molecular weight is 407 g/mol. The van der Waals surface area contributed by atoms with Crippen molar-refractivity contribution in [2.75, 3.05) is 32.7 Å². The second-order valence-electron chi connectivity index (χ2n) is 5.16. The Morgan fingerprint density at radius 3 is 2.30 bits per heavy atom. The predicted molar refractivity (Wildman–Crippen MR) is 93.9 cm³/mol. The molecule has 1 aromatic carbocycles. The first-order valence-corrected chi connectivity index (χ1v) is 10.0. The molecule has 0 radical (unpaired) electrons. The van der Waals surface area contributed by atoms with Crippen LogP contribution >= 0.6 is 15.9 Å². The molecule has 6 nitrogen and oxygen atoms in total. The lowest BCUT2D eigenvalue weighted by molar-refractivity contribution is -0.895. The number of amides is 1. The molecule has 0 aliphatic carbocycles. The Hall–Kier alpha value is -0.960. The largest absolute Gasteiger partial charge is 0.350 e. The van der Waals surface area contributed by atoms with E-state index in [1.165, 1.54) is 17.0 Å². The van der Waals surface area contributed by atoms with E-state index in [1.54, 1.807) is 12.1 Å². The molecule has 0 heterocycles. The quantitative estimate of drug-likeness (QED) is 0.517. The number of hydrogen-bond donors (Lipinski definition) is 3. The molecule has 23 heavy (non-hydrogen) atoms. The number of quaternary nitrogens is 1. The number of sulfonamides is 1. The summed E-state index contributed by atoms with van der Waals surface area (Å²) in [5.74, 6) is -0.143. The molecule has 0 aliphatic heterocycles. The molecular weight excluding hydrogens is 382 g/mol. The molecule has 0 unspecified atom stereocenters. The van der Waals surface area contributed by atoms with Crippen LogP contribution in [0.3, 0.4) is 0 Å². The van der Waals surface area contributed by atoms with Crippen molar-refractivity contribution in [3.63, 3.8) is 0 Å². The zero-order chi connectivity index (χ0) is 17.3. The molecule has 0 atom stereocenters. The third kappa shape index (κ3) is 7.43. The minimum Gasteiger partial charge on any atom is -0.350 e. The van der Waals surface area contributed by atoms with Crippen LogP contribution in [0.4, 0.5) is 0 Å². The van der Waals surface area contributed by atoms with Gasteiger partial charge in [0.25, 0.3) is 0 Å². The summed E-state index contributed by atoms with van der Waals surface area (Å²) in [5, 5.41) is 2.81. The van der Waals surface area contributed by atoms with Crippen LogP contribution in [0.1, 0.15) is 20.3 Å². The van der Waals surface area contributed by atoms with Crippen LogP contribution in [-0.2, 0) is 14.8 Å². The fourth-order valence-electron chi connectivity index (χ4n) is 2.07.